The lowest BCUT2D eigenvalue weighted by Gasteiger charge is -2.37. The summed E-state index contributed by atoms with van der Waals surface area (Å²) < 4.78 is 20.6. The number of hydrogen-bond donors (Lipinski definition) is 2. The standard InChI is InChI=1S/C47H59N7O7S/c1-8-53-35-15-14-27-19-31(35)32(40(53)30-12-10-16-48-38(30)26(4)59-7)20-47(5,6)24-61-46(58)33-13-11-17-54(51-33)45(57)39(41(60-9-2)43-49-34(27)23-62-43)50-42(55)36-25(3)37(36)44(56)52-21-28-18-29(28)22-52/h10,12,14-16,19,23,25-26,28-29,33,36-37,39,41,51H,8-9,11,13,17-18,20-22,24H2,1-7H3,(H,50,55)/t25-,26+,28?,29?,33+,36-,37-,39+,41+/m1/s1. The van der Waals surface area contributed by atoms with E-state index in [1.807, 2.05) is 37.1 Å². The average molecular weight is 866 g/mol. The maximum absolute atomic E-state index is 14.8. The third kappa shape index (κ3) is 7.83. The number of aryl methyl sites for hydroxylation is 1. The topological polar surface area (TPSA) is 157 Å². The fourth-order valence-corrected chi connectivity index (χ4v) is 11.1. The van der Waals surface area contributed by atoms with Gasteiger partial charge in [-0.15, -0.1) is 11.3 Å². The Balaban J connectivity index is 1.12. The molecule has 15 heteroatoms. The van der Waals surface area contributed by atoms with Crippen LogP contribution in [-0.2, 0) is 46.4 Å². The molecule has 0 spiro atoms. The normalized spacial score (nSPS) is 28.6. The van der Waals surface area contributed by atoms with E-state index in [1.165, 1.54) is 22.8 Å². The Kier molecular flexibility index (Phi) is 11.5. The summed E-state index contributed by atoms with van der Waals surface area (Å²) in [5.74, 6) is -1.17. The summed E-state index contributed by atoms with van der Waals surface area (Å²) in [6.45, 7) is 15.1. The number of carbonyl (C=O) groups excluding carboxylic acids is 4. The van der Waals surface area contributed by atoms with Gasteiger partial charge in [-0.25, -0.2) is 10.4 Å². The number of rotatable bonds is 9. The Labute approximate surface area is 367 Å². The predicted octanol–water partition coefficient (Wildman–Crippen LogP) is 6.10. The molecule has 1 aromatic carbocycles. The number of piperidine rings is 1. The van der Waals surface area contributed by atoms with E-state index in [0.717, 1.165) is 57.8 Å². The molecule has 2 saturated carbocycles. The van der Waals surface area contributed by atoms with Gasteiger partial charge in [0.15, 0.2) is 0 Å². The quantitative estimate of drug-likeness (QED) is 0.189. The monoisotopic (exact) mass is 865 g/mol. The molecule has 6 heterocycles. The Bertz CT molecular complexity index is 2380. The van der Waals surface area contributed by atoms with Gasteiger partial charge in [0.25, 0.3) is 5.91 Å². The number of hydrazine groups is 1. The van der Waals surface area contributed by atoms with Crippen molar-refractivity contribution in [2.45, 2.75) is 98.1 Å². The maximum Gasteiger partial charge on any atom is 0.324 e. The van der Waals surface area contributed by atoms with Gasteiger partial charge in [0, 0.05) is 78.9 Å². The fourth-order valence-electron chi connectivity index (χ4n) is 10.2. The lowest BCUT2D eigenvalue weighted by atomic mass is 9.84. The number of cyclic esters (lactones) is 1. The van der Waals surface area contributed by atoms with Gasteiger partial charge in [-0.2, -0.15) is 0 Å². The molecule has 2 N–H and O–H groups in total. The minimum Gasteiger partial charge on any atom is -0.464 e. The third-order valence-corrected chi connectivity index (χ3v) is 14.8. The highest BCUT2D eigenvalue weighted by atomic mass is 32.1. The first kappa shape index (κ1) is 42.6. The second kappa shape index (κ2) is 16.8. The molecule has 4 fully saturated rings. The van der Waals surface area contributed by atoms with Crippen LogP contribution in [0.5, 0.6) is 0 Å². The van der Waals surface area contributed by atoms with E-state index in [1.54, 1.807) is 13.3 Å². The van der Waals surface area contributed by atoms with Crippen LogP contribution in [0.1, 0.15) is 89.3 Å². The zero-order chi connectivity index (χ0) is 43.6. The van der Waals surface area contributed by atoms with Crippen molar-refractivity contribution in [3.8, 4) is 22.5 Å². The van der Waals surface area contributed by atoms with E-state index in [0.29, 0.717) is 49.2 Å². The molecule has 3 aliphatic heterocycles. The zero-order valence-electron chi connectivity index (χ0n) is 36.8. The molecule has 14 nitrogen and oxygen atoms in total. The molecule has 0 radical (unpaired) electrons. The Morgan fingerprint density at radius 2 is 1.92 bits per heavy atom. The molecule has 2 saturated heterocycles. The highest BCUT2D eigenvalue weighted by Crippen LogP contribution is 2.51. The first-order valence-electron chi connectivity index (χ1n) is 22.4. The number of carbonyl (C=O) groups is 4. The summed E-state index contributed by atoms with van der Waals surface area (Å²) >= 11 is 1.37. The molecule has 3 amide bonds. The van der Waals surface area contributed by atoms with Crippen LogP contribution in [0.3, 0.4) is 0 Å². The van der Waals surface area contributed by atoms with Crippen LogP contribution >= 0.6 is 11.3 Å². The number of esters is 1. The SMILES string of the molecule is CCO[C@@H]1c2nc(cs2)-c2ccc3c(c2)c(c(-c2cccnc2[C@H](C)OC)n3CC)CC(C)(C)COC(=O)[C@@H]2CCCN(N2)C(=O)[C@H]1NC(=O)[C@@H]1[C@@H](C)[C@H]1C(=O)N1CC2CC2C1. The Morgan fingerprint density at radius 1 is 1.13 bits per heavy atom. The van der Waals surface area contributed by atoms with E-state index in [4.69, 9.17) is 24.2 Å². The molecule has 2 unspecified atom stereocenters. The molecule has 330 valence electrons. The van der Waals surface area contributed by atoms with Crippen LogP contribution < -0.4 is 10.7 Å². The number of benzene rings is 1. The molecular weight excluding hydrogens is 807 g/mol. The molecule has 9 atom stereocenters. The smallest absolute Gasteiger partial charge is 0.324 e. The van der Waals surface area contributed by atoms with Gasteiger partial charge >= 0.3 is 5.97 Å². The van der Waals surface area contributed by atoms with Crippen LogP contribution in [0.25, 0.3) is 33.4 Å². The van der Waals surface area contributed by atoms with Gasteiger partial charge in [0.1, 0.15) is 23.2 Å². The first-order valence-corrected chi connectivity index (χ1v) is 23.2. The number of thiazole rings is 1. The number of likely N-dealkylation sites (tertiary alicyclic amines) is 1. The van der Waals surface area contributed by atoms with Crippen LogP contribution in [-0.4, -0.2) is 100 Å². The molecule has 2 aliphatic carbocycles. The predicted molar refractivity (Wildman–Crippen MR) is 234 cm³/mol. The van der Waals surface area contributed by atoms with Crippen molar-refractivity contribution in [3.05, 3.63) is 58.2 Å². The van der Waals surface area contributed by atoms with Crippen molar-refractivity contribution in [3.63, 3.8) is 0 Å². The fraction of sp³-hybridized carbons (Fsp3) is 0.574. The van der Waals surface area contributed by atoms with Crippen molar-refractivity contribution < 1.29 is 33.4 Å². The second-order valence-corrected chi connectivity index (χ2v) is 19.6. The minimum absolute atomic E-state index is 0.0287. The van der Waals surface area contributed by atoms with Crippen molar-refractivity contribution in [1.29, 1.82) is 0 Å². The third-order valence-electron chi connectivity index (χ3n) is 13.8. The number of nitrogens with one attached hydrogen (secondary N) is 2. The van der Waals surface area contributed by atoms with Crippen LogP contribution in [0.15, 0.2) is 41.9 Å². The van der Waals surface area contributed by atoms with Crippen LogP contribution in [0.2, 0.25) is 0 Å². The van der Waals surface area contributed by atoms with Crippen LogP contribution in [0, 0.1) is 35.0 Å². The molecule has 3 aromatic heterocycles. The summed E-state index contributed by atoms with van der Waals surface area (Å²) in [4.78, 5) is 68.5. The molecule has 4 aromatic rings. The van der Waals surface area contributed by atoms with E-state index >= 15 is 0 Å². The number of nitrogens with zero attached hydrogens (tertiary/aromatic N) is 5. The summed E-state index contributed by atoms with van der Waals surface area (Å²) in [6, 6.07) is 8.47. The average Bonchev–Trinajstić information content (AvgIpc) is 3.95. The second-order valence-electron chi connectivity index (χ2n) is 18.7. The summed E-state index contributed by atoms with van der Waals surface area (Å²) in [6.07, 6.45) is 3.39. The summed E-state index contributed by atoms with van der Waals surface area (Å²) in [5, 5.41) is 8.05. The number of ether oxygens (including phenoxy) is 3. The zero-order valence-corrected chi connectivity index (χ0v) is 37.6. The highest BCUT2D eigenvalue weighted by molar-refractivity contribution is 7.10. The van der Waals surface area contributed by atoms with E-state index in [2.05, 4.69) is 60.3 Å². The molecule has 6 bridgehead atoms. The molecule has 9 rings (SSSR count). The number of fused-ring (bicyclic) bond motifs is 7. The lowest BCUT2D eigenvalue weighted by molar-refractivity contribution is -0.156. The molecule has 5 aliphatic rings. The van der Waals surface area contributed by atoms with Gasteiger partial charge in [-0.05, 0) is 94.0 Å². The largest absolute Gasteiger partial charge is 0.464 e. The van der Waals surface area contributed by atoms with E-state index in [9.17, 15) is 19.2 Å². The van der Waals surface area contributed by atoms with Gasteiger partial charge in [0.05, 0.1) is 41.6 Å². The Morgan fingerprint density at radius 3 is 2.66 bits per heavy atom. The van der Waals surface area contributed by atoms with Crippen molar-refractivity contribution in [2.24, 2.45) is 35.0 Å². The van der Waals surface area contributed by atoms with Gasteiger partial charge in [-0.3, -0.25) is 29.2 Å². The molecule has 62 heavy (non-hydrogen) atoms. The number of amides is 3. The van der Waals surface area contributed by atoms with E-state index in [-0.39, 0.29) is 37.0 Å². The van der Waals surface area contributed by atoms with Crippen molar-refractivity contribution in [1.82, 2.24) is 35.2 Å². The van der Waals surface area contributed by atoms with Crippen molar-refractivity contribution in [2.75, 3.05) is 40.0 Å². The van der Waals surface area contributed by atoms with Crippen molar-refractivity contribution >= 4 is 45.9 Å². The van der Waals surface area contributed by atoms with Crippen LogP contribution in [0.4, 0.5) is 0 Å². The number of pyridine rings is 1. The van der Waals surface area contributed by atoms with Gasteiger partial charge in [0.2, 0.25) is 11.8 Å². The Hall–Kier alpha value is -4.70. The summed E-state index contributed by atoms with van der Waals surface area (Å²) in [5.41, 5.74) is 9.29. The minimum atomic E-state index is -1.19. The maximum atomic E-state index is 14.8. The number of aromatic nitrogens is 3. The van der Waals surface area contributed by atoms with Gasteiger partial charge < -0.3 is 29.0 Å². The van der Waals surface area contributed by atoms with Gasteiger partial charge in [-0.1, -0.05) is 26.8 Å². The number of hydrogen-bond acceptors (Lipinski definition) is 11. The first-order chi connectivity index (χ1) is 29.8. The summed E-state index contributed by atoms with van der Waals surface area (Å²) in [7, 11) is 1.69. The lowest BCUT2D eigenvalue weighted by Crippen LogP contribution is -2.61. The number of methoxy groups -OCH3 is 1. The highest BCUT2D eigenvalue weighted by Gasteiger charge is 2.60. The molecular formula is C47H59N7O7S. The van der Waals surface area contributed by atoms with E-state index < -0.39 is 47.3 Å².